The van der Waals surface area contributed by atoms with Crippen molar-refractivity contribution in [2.24, 2.45) is 0 Å². The summed E-state index contributed by atoms with van der Waals surface area (Å²) in [6.45, 7) is 4.58. The summed E-state index contributed by atoms with van der Waals surface area (Å²) in [6.07, 6.45) is 0.314. The van der Waals surface area contributed by atoms with Crippen molar-refractivity contribution >= 4 is 11.6 Å². The Morgan fingerprint density at radius 3 is 2.41 bits per heavy atom. The van der Waals surface area contributed by atoms with Crippen molar-refractivity contribution < 1.29 is 18.8 Å². The Labute approximate surface area is 169 Å². The number of benzene rings is 2. The van der Waals surface area contributed by atoms with Gasteiger partial charge in [0.2, 0.25) is 17.6 Å². The number of ether oxygens (including phenoxy) is 2. The lowest BCUT2D eigenvalue weighted by atomic mass is 10.1. The van der Waals surface area contributed by atoms with Crippen LogP contribution in [0.1, 0.15) is 29.4 Å². The molecule has 1 aliphatic heterocycles. The molecule has 0 N–H and O–H groups in total. The molecule has 7 heteroatoms. The predicted octanol–water partition coefficient (Wildman–Crippen LogP) is 3.89. The Bertz CT molecular complexity index is 1040. The van der Waals surface area contributed by atoms with Crippen molar-refractivity contribution in [3.8, 4) is 22.9 Å². The van der Waals surface area contributed by atoms with Crippen LogP contribution in [0.5, 0.6) is 11.5 Å². The molecule has 0 radical (unpaired) electrons. The van der Waals surface area contributed by atoms with Gasteiger partial charge >= 0.3 is 0 Å². The fourth-order valence-electron chi connectivity index (χ4n) is 3.47. The van der Waals surface area contributed by atoms with Gasteiger partial charge in [-0.3, -0.25) is 4.79 Å². The van der Waals surface area contributed by atoms with E-state index in [0.29, 0.717) is 36.2 Å². The Hall–Kier alpha value is -3.35. The van der Waals surface area contributed by atoms with Crippen LogP contribution in [-0.2, 0) is 4.79 Å². The highest BCUT2D eigenvalue weighted by molar-refractivity contribution is 5.96. The maximum absolute atomic E-state index is 12.7. The Kier molecular flexibility index (Phi) is 4.96. The first-order chi connectivity index (χ1) is 14.0. The zero-order chi connectivity index (χ0) is 20.5. The SMILES string of the molecule is COc1cc(OC)cc(N2CC(c3nc(-c4ccc(C)c(C)c4)no3)CC2=O)c1. The van der Waals surface area contributed by atoms with E-state index in [1.165, 1.54) is 11.1 Å². The van der Waals surface area contributed by atoms with Crippen LogP contribution in [-0.4, -0.2) is 36.8 Å². The van der Waals surface area contributed by atoms with Crippen LogP contribution in [0.4, 0.5) is 5.69 Å². The molecule has 1 atom stereocenters. The minimum Gasteiger partial charge on any atom is -0.497 e. The second-order valence-corrected chi connectivity index (χ2v) is 7.23. The normalized spacial score (nSPS) is 16.3. The van der Waals surface area contributed by atoms with Gasteiger partial charge in [0.1, 0.15) is 11.5 Å². The number of amides is 1. The monoisotopic (exact) mass is 393 g/mol. The van der Waals surface area contributed by atoms with E-state index in [9.17, 15) is 4.79 Å². The first-order valence-corrected chi connectivity index (χ1v) is 9.43. The molecule has 0 saturated carbocycles. The third kappa shape index (κ3) is 3.68. The number of hydrogen-bond donors (Lipinski definition) is 0. The van der Waals surface area contributed by atoms with Gasteiger partial charge in [-0.25, -0.2) is 0 Å². The van der Waals surface area contributed by atoms with Crippen LogP contribution in [0.25, 0.3) is 11.4 Å². The van der Waals surface area contributed by atoms with Gasteiger partial charge < -0.3 is 18.9 Å². The molecule has 2 heterocycles. The fourth-order valence-corrected chi connectivity index (χ4v) is 3.47. The van der Waals surface area contributed by atoms with Crippen LogP contribution >= 0.6 is 0 Å². The molecule has 1 aliphatic rings. The number of aromatic nitrogens is 2. The topological polar surface area (TPSA) is 77.7 Å². The zero-order valence-electron chi connectivity index (χ0n) is 16.9. The number of hydrogen-bond acceptors (Lipinski definition) is 6. The Morgan fingerprint density at radius 1 is 1.03 bits per heavy atom. The number of carbonyl (C=O) groups is 1. The van der Waals surface area contributed by atoms with E-state index in [0.717, 1.165) is 11.3 Å². The van der Waals surface area contributed by atoms with Gasteiger partial charge in [0.15, 0.2) is 0 Å². The Morgan fingerprint density at radius 2 is 1.76 bits per heavy atom. The largest absolute Gasteiger partial charge is 0.497 e. The highest BCUT2D eigenvalue weighted by Gasteiger charge is 2.35. The summed E-state index contributed by atoms with van der Waals surface area (Å²) < 4.78 is 16.1. The lowest BCUT2D eigenvalue weighted by Gasteiger charge is -2.18. The lowest BCUT2D eigenvalue weighted by molar-refractivity contribution is -0.117. The van der Waals surface area contributed by atoms with Crippen molar-refractivity contribution in [2.75, 3.05) is 25.7 Å². The van der Waals surface area contributed by atoms with Crippen molar-refractivity contribution in [1.82, 2.24) is 10.1 Å². The zero-order valence-corrected chi connectivity index (χ0v) is 16.9. The maximum atomic E-state index is 12.7. The van der Waals surface area contributed by atoms with Crippen LogP contribution in [0.3, 0.4) is 0 Å². The fraction of sp³-hybridized carbons (Fsp3) is 0.318. The number of anilines is 1. The molecule has 7 nitrogen and oxygen atoms in total. The average molecular weight is 393 g/mol. The second kappa shape index (κ2) is 7.58. The van der Waals surface area contributed by atoms with Crippen molar-refractivity contribution in [3.05, 3.63) is 53.4 Å². The number of carbonyl (C=O) groups excluding carboxylic acids is 1. The standard InChI is InChI=1S/C22H23N3O4/c1-13-5-6-15(7-14(13)2)21-23-22(29-24-21)16-8-20(26)25(12-16)17-9-18(27-3)11-19(10-17)28-4/h5-7,9-11,16H,8,12H2,1-4H3. The molecular formula is C22H23N3O4. The summed E-state index contributed by atoms with van der Waals surface area (Å²) in [5, 5.41) is 4.12. The third-order valence-corrected chi connectivity index (χ3v) is 5.33. The summed E-state index contributed by atoms with van der Waals surface area (Å²) in [7, 11) is 3.17. The highest BCUT2D eigenvalue weighted by Crippen LogP contribution is 2.35. The quantitative estimate of drug-likeness (QED) is 0.654. The van der Waals surface area contributed by atoms with Crippen LogP contribution in [0.2, 0.25) is 0 Å². The van der Waals surface area contributed by atoms with Gasteiger partial charge in [-0.15, -0.1) is 0 Å². The predicted molar refractivity (Wildman–Crippen MR) is 108 cm³/mol. The molecule has 1 unspecified atom stereocenters. The highest BCUT2D eigenvalue weighted by atomic mass is 16.5. The van der Waals surface area contributed by atoms with Gasteiger partial charge in [-0.1, -0.05) is 17.3 Å². The van der Waals surface area contributed by atoms with E-state index in [2.05, 4.69) is 24.0 Å². The number of methoxy groups -OCH3 is 2. The molecule has 1 fully saturated rings. The molecule has 2 aromatic carbocycles. The van der Waals surface area contributed by atoms with Crippen molar-refractivity contribution in [3.63, 3.8) is 0 Å². The number of rotatable bonds is 5. The number of nitrogens with zero attached hydrogens (tertiary/aromatic N) is 3. The van der Waals surface area contributed by atoms with E-state index in [1.54, 1.807) is 25.2 Å². The molecule has 4 rings (SSSR count). The van der Waals surface area contributed by atoms with Gasteiger partial charge in [0.05, 0.1) is 25.8 Å². The smallest absolute Gasteiger partial charge is 0.232 e. The van der Waals surface area contributed by atoms with Gasteiger partial charge in [-0.2, -0.15) is 4.98 Å². The van der Waals surface area contributed by atoms with Crippen LogP contribution < -0.4 is 14.4 Å². The van der Waals surface area contributed by atoms with Crippen molar-refractivity contribution in [1.29, 1.82) is 0 Å². The molecule has 150 valence electrons. The molecule has 3 aromatic rings. The number of aryl methyl sites for hydroxylation is 2. The van der Waals surface area contributed by atoms with E-state index < -0.39 is 0 Å². The third-order valence-electron chi connectivity index (χ3n) is 5.33. The van der Waals surface area contributed by atoms with E-state index in [4.69, 9.17) is 14.0 Å². The molecule has 1 aromatic heterocycles. The first-order valence-electron chi connectivity index (χ1n) is 9.43. The molecular weight excluding hydrogens is 370 g/mol. The Balaban J connectivity index is 1.57. The van der Waals surface area contributed by atoms with Crippen LogP contribution in [0.15, 0.2) is 40.9 Å². The molecule has 1 saturated heterocycles. The average Bonchev–Trinajstić information content (AvgIpc) is 3.36. The molecule has 0 spiro atoms. The summed E-state index contributed by atoms with van der Waals surface area (Å²) in [6, 6.07) is 11.5. The summed E-state index contributed by atoms with van der Waals surface area (Å²) in [5.74, 6) is 2.11. The second-order valence-electron chi connectivity index (χ2n) is 7.23. The molecule has 0 bridgehead atoms. The van der Waals surface area contributed by atoms with Crippen molar-refractivity contribution in [2.45, 2.75) is 26.2 Å². The van der Waals surface area contributed by atoms with Gasteiger partial charge in [0, 0.05) is 36.7 Å². The molecule has 29 heavy (non-hydrogen) atoms. The maximum Gasteiger partial charge on any atom is 0.232 e. The molecule has 0 aliphatic carbocycles. The minimum atomic E-state index is -0.160. The summed E-state index contributed by atoms with van der Waals surface area (Å²) in [4.78, 5) is 18.9. The minimum absolute atomic E-state index is 0.00348. The lowest BCUT2D eigenvalue weighted by Crippen LogP contribution is -2.24. The van der Waals surface area contributed by atoms with Crippen LogP contribution in [0, 0.1) is 13.8 Å². The summed E-state index contributed by atoms with van der Waals surface area (Å²) in [5.41, 5.74) is 4.01. The molecule has 1 amide bonds. The summed E-state index contributed by atoms with van der Waals surface area (Å²) >= 11 is 0. The first kappa shape index (κ1) is 19.0. The van der Waals surface area contributed by atoms with Gasteiger partial charge in [-0.05, 0) is 31.0 Å². The van der Waals surface area contributed by atoms with Gasteiger partial charge in [0.25, 0.3) is 0 Å². The van der Waals surface area contributed by atoms with E-state index >= 15 is 0 Å². The van der Waals surface area contributed by atoms with E-state index in [1.807, 2.05) is 30.3 Å². The van der Waals surface area contributed by atoms with E-state index in [-0.39, 0.29) is 11.8 Å².